The van der Waals surface area contributed by atoms with Gasteiger partial charge in [-0.15, -0.1) is 0 Å². The number of ether oxygens (including phenoxy) is 3. The highest BCUT2D eigenvalue weighted by Crippen LogP contribution is 2.57. The van der Waals surface area contributed by atoms with Crippen molar-refractivity contribution in [3.8, 4) is 17.2 Å². The molecule has 0 aliphatic carbocycles. The van der Waals surface area contributed by atoms with Crippen molar-refractivity contribution in [2.45, 2.75) is 32.5 Å². The predicted octanol–water partition coefficient (Wildman–Crippen LogP) is 7.79. The Labute approximate surface area is 225 Å². The number of rotatable bonds is 4. The summed E-state index contributed by atoms with van der Waals surface area (Å²) < 4.78 is 87.7. The van der Waals surface area contributed by atoms with E-state index in [0.717, 1.165) is 5.56 Å². The summed E-state index contributed by atoms with van der Waals surface area (Å²) >= 11 is 0. The van der Waals surface area contributed by atoms with Gasteiger partial charge in [0.2, 0.25) is 5.82 Å². The highest BCUT2D eigenvalue weighted by molar-refractivity contribution is 5.98. The van der Waals surface area contributed by atoms with Gasteiger partial charge < -0.3 is 19.5 Å². The Hall–Kier alpha value is -4.60. The van der Waals surface area contributed by atoms with Gasteiger partial charge in [-0.1, -0.05) is 18.2 Å². The lowest BCUT2D eigenvalue weighted by Crippen LogP contribution is -2.33. The van der Waals surface area contributed by atoms with Gasteiger partial charge in [0.05, 0.1) is 11.7 Å². The van der Waals surface area contributed by atoms with Crippen molar-refractivity contribution in [1.82, 2.24) is 0 Å². The molecule has 1 N–H and O–H groups in total. The van der Waals surface area contributed by atoms with Crippen LogP contribution in [0.25, 0.3) is 0 Å². The van der Waals surface area contributed by atoms with Crippen molar-refractivity contribution in [2.24, 2.45) is 0 Å². The fourth-order valence-electron chi connectivity index (χ4n) is 5.10. The Bertz CT molecular complexity index is 1710. The van der Waals surface area contributed by atoms with Crippen LogP contribution in [0.15, 0.2) is 54.6 Å². The molecule has 40 heavy (non-hydrogen) atoms. The number of hydrogen-bond donors (Lipinski definition) is 1. The zero-order valence-electron chi connectivity index (χ0n) is 21.3. The first-order chi connectivity index (χ1) is 19.0. The van der Waals surface area contributed by atoms with Crippen LogP contribution in [0, 0.1) is 36.0 Å². The number of anilines is 2. The molecule has 1 atom stereocenters. The molecule has 0 fully saturated rings. The molecule has 4 aromatic carbocycles. The van der Waals surface area contributed by atoms with Crippen molar-refractivity contribution in [2.75, 3.05) is 5.32 Å². The van der Waals surface area contributed by atoms with Gasteiger partial charge in [-0.3, -0.25) is 0 Å². The molecule has 0 saturated heterocycles. The number of nitrogens with one attached hydrogen (secondary N) is 1. The van der Waals surface area contributed by atoms with E-state index in [2.05, 4.69) is 5.32 Å². The second kappa shape index (κ2) is 8.97. The summed E-state index contributed by atoms with van der Waals surface area (Å²) in [6.07, 6.45) is -0.0983. The lowest BCUT2D eigenvalue weighted by Gasteiger charge is -2.36. The van der Waals surface area contributed by atoms with Gasteiger partial charge in [-0.05, 0) is 56.7 Å². The van der Waals surface area contributed by atoms with Gasteiger partial charge in [0.25, 0.3) is 0 Å². The van der Waals surface area contributed by atoms with Crippen LogP contribution in [-0.4, -0.2) is 12.1 Å². The molecule has 204 valence electrons. The van der Waals surface area contributed by atoms with Crippen LogP contribution in [0.4, 0.5) is 33.3 Å². The number of esters is 1. The van der Waals surface area contributed by atoms with Crippen molar-refractivity contribution < 1.29 is 41.0 Å². The third kappa shape index (κ3) is 3.70. The van der Waals surface area contributed by atoms with Gasteiger partial charge in [0.1, 0.15) is 22.9 Å². The molecular formula is C30H20F5NO4. The zero-order valence-corrected chi connectivity index (χ0v) is 21.3. The summed E-state index contributed by atoms with van der Waals surface area (Å²) in [7, 11) is 0. The van der Waals surface area contributed by atoms with Crippen LogP contribution in [-0.2, 0) is 10.3 Å². The van der Waals surface area contributed by atoms with E-state index in [1.165, 1.54) is 18.2 Å². The monoisotopic (exact) mass is 553 g/mol. The van der Waals surface area contributed by atoms with E-state index >= 15 is 0 Å². The highest BCUT2D eigenvalue weighted by Gasteiger charge is 2.53. The first kappa shape index (κ1) is 25.7. The Morgan fingerprint density at radius 3 is 2.05 bits per heavy atom. The molecule has 2 aliphatic rings. The third-order valence-electron chi connectivity index (χ3n) is 6.78. The largest absolute Gasteiger partial charge is 0.491 e. The first-order valence-electron chi connectivity index (χ1n) is 12.3. The van der Waals surface area contributed by atoms with E-state index in [4.69, 9.17) is 14.2 Å². The average molecular weight is 553 g/mol. The van der Waals surface area contributed by atoms with E-state index in [1.54, 1.807) is 30.3 Å². The predicted molar refractivity (Wildman–Crippen MR) is 135 cm³/mol. The number of carbonyl (C=O) groups excluding carboxylic acids is 1. The minimum absolute atomic E-state index is 0.0377. The van der Waals surface area contributed by atoms with Crippen molar-refractivity contribution >= 4 is 17.3 Å². The van der Waals surface area contributed by atoms with E-state index in [9.17, 15) is 26.7 Å². The van der Waals surface area contributed by atoms with Crippen LogP contribution in [0.1, 0.15) is 46.5 Å². The van der Waals surface area contributed by atoms with Crippen LogP contribution in [0.3, 0.4) is 0 Å². The molecule has 0 amide bonds. The average Bonchev–Trinajstić information content (AvgIpc) is 3.20. The molecule has 0 bridgehead atoms. The topological polar surface area (TPSA) is 56.8 Å². The van der Waals surface area contributed by atoms with Crippen molar-refractivity contribution in [3.05, 3.63) is 112 Å². The van der Waals surface area contributed by atoms with Crippen LogP contribution < -0.4 is 14.8 Å². The maximum Gasteiger partial charge on any atom is 0.340 e. The van der Waals surface area contributed by atoms with Gasteiger partial charge in [0.15, 0.2) is 28.9 Å². The fourth-order valence-corrected chi connectivity index (χ4v) is 5.10. The van der Waals surface area contributed by atoms with Crippen LogP contribution >= 0.6 is 0 Å². The standard InChI is InChI=1S/C30H20F5NO4/c1-13(2)38-16-6-9-20-22(12-16)39-21-10-14(3)4-7-19(21)30(20)18-8-5-15(11-17(18)29(37)40-30)36-28-26(34)24(32)23(31)25(33)27(28)35/h4-13,36H,1-3H3. The smallest absolute Gasteiger partial charge is 0.340 e. The summed E-state index contributed by atoms with van der Waals surface area (Å²) in [4.78, 5) is 13.3. The second-order valence-electron chi connectivity index (χ2n) is 9.83. The van der Waals surface area contributed by atoms with Gasteiger partial charge in [0, 0.05) is 28.4 Å². The lowest BCUT2D eigenvalue weighted by atomic mass is 9.77. The maximum atomic E-state index is 14.3. The number of hydrogen-bond acceptors (Lipinski definition) is 5. The molecule has 10 heteroatoms. The van der Waals surface area contributed by atoms with Crippen molar-refractivity contribution in [1.29, 1.82) is 0 Å². The van der Waals surface area contributed by atoms with Gasteiger partial charge >= 0.3 is 5.97 Å². The third-order valence-corrected chi connectivity index (χ3v) is 6.78. The molecule has 2 aliphatic heterocycles. The summed E-state index contributed by atoms with van der Waals surface area (Å²) in [5.41, 5.74) is -0.339. The fraction of sp³-hybridized carbons (Fsp3) is 0.167. The molecule has 5 nitrogen and oxygen atoms in total. The molecule has 4 aromatic rings. The Morgan fingerprint density at radius 2 is 1.38 bits per heavy atom. The van der Waals surface area contributed by atoms with Gasteiger partial charge in [-0.2, -0.15) is 0 Å². The van der Waals surface area contributed by atoms with Gasteiger partial charge in [-0.25, -0.2) is 26.7 Å². The summed E-state index contributed by atoms with van der Waals surface area (Å²) in [5, 5.41) is 2.22. The van der Waals surface area contributed by atoms with Crippen LogP contribution in [0.2, 0.25) is 0 Å². The highest BCUT2D eigenvalue weighted by atomic mass is 19.2. The molecule has 6 rings (SSSR count). The minimum atomic E-state index is -2.27. The molecule has 1 spiro atoms. The van der Waals surface area contributed by atoms with E-state index in [1.807, 2.05) is 26.8 Å². The first-order valence-corrected chi connectivity index (χ1v) is 12.3. The second-order valence-corrected chi connectivity index (χ2v) is 9.83. The van der Waals surface area contributed by atoms with Crippen LogP contribution in [0.5, 0.6) is 17.2 Å². The molecular weight excluding hydrogens is 533 g/mol. The Kier molecular flexibility index (Phi) is 5.76. The minimum Gasteiger partial charge on any atom is -0.491 e. The maximum absolute atomic E-state index is 14.3. The van der Waals surface area contributed by atoms with E-state index in [0.29, 0.717) is 33.9 Å². The SMILES string of the molecule is Cc1ccc2c(c1)Oc1cc(OC(C)C)ccc1C21OC(=O)c2cc(Nc3c(F)c(F)c(F)c(F)c3F)ccc21. The van der Waals surface area contributed by atoms with E-state index in [-0.39, 0.29) is 17.4 Å². The number of benzene rings is 4. The van der Waals surface area contributed by atoms with E-state index < -0.39 is 46.3 Å². The summed E-state index contributed by atoms with van der Waals surface area (Å²) in [6.45, 7) is 5.65. The number of halogens is 5. The summed E-state index contributed by atoms with van der Waals surface area (Å²) in [6, 6.07) is 14.7. The Morgan fingerprint density at radius 1 is 0.775 bits per heavy atom. The molecule has 2 heterocycles. The molecule has 0 radical (unpaired) electrons. The molecule has 0 aromatic heterocycles. The number of aryl methyl sites for hydroxylation is 1. The summed E-state index contributed by atoms with van der Waals surface area (Å²) in [5.74, 6) is -9.85. The molecule has 1 unspecified atom stereocenters. The normalized spacial score (nSPS) is 16.8. The lowest BCUT2D eigenvalue weighted by molar-refractivity contribution is 0.0224. The zero-order chi connectivity index (χ0) is 28.5. The quantitative estimate of drug-likeness (QED) is 0.121. The number of carbonyl (C=O) groups is 1. The number of fused-ring (bicyclic) bond motifs is 6. The molecule has 0 saturated carbocycles. The van der Waals surface area contributed by atoms with Crippen molar-refractivity contribution in [3.63, 3.8) is 0 Å². The Balaban J connectivity index is 1.50.